The van der Waals surface area contributed by atoms with Gasteiger partial charge in [-0.25, -0.2) is 4.79 Å². The van der Waals surface area contributed by atoms with Gasteiger partial charge in [-0.15, -0.1) is 0 Å². The van der Waals surface area contributed by atoms with Gasteiger partial charge in [0.2, 0.25) is 5.78 Å². The predicted molar refractivity (Wildman–Crippen MR) is 111 cm³/mol. The predicted octanol–water partition coefficient (Wildman–Crippen LogP) is 4.63. The van der Waals surface area contributed by atoms with Gasteiger partial charge in [0.15, 0.2) is 6.61 Å². The van der Waals surface area contributed by atoms with Crippen LogP contribution < -0.4 is 0 Å². The summed E-state index contributed by atoms with van der Waals surface area (Å²) in [5.41, 5.74) is 2.38. The molecule has 2 rings (SSSR count). The second-order valence-electron chi connectivity index (χ2n) is 7.15. The molecule has 29 heavy (non-hydrogen) atoms. The third-order valence-electron chi connectivity index (χ3n) is 4.69. The highest BCUT2D eigenvalue weighted by molar-refractivity contribution is 6.30. The first-order valence-electron chi connectivity index (χ1n) is 9.48. The maximum absolute atomic E-state index is 12.7. The van der Waals surface area contributed by atoms with Crippen LogP contribution in [0.2, 0.25) is 5.02 Å². The summed E-state index contributed by atoms with van der Waals surface area (Å²) in [6, 6.07) is 6.99. The topological polar surface area (TPSA) is 85.5 Å². The normalized spacial score (nSPS) is 12.0. The number of ketones is 1. The summed E-state index contributed by atoms with van der Waals surface area (Å²) in [6.07, 6.45) is 0. The van der Waals surface area contributed by atoms with E-state index < -0.39 is 30.2 Å². The van der Waals surface area contributed by atoms with E-state index in [1.54, 1.807) is 45.0 Å². The van der Waals surface area contributed by atoms with Crippen molar-refractivity contribution in [3.63, 3.8) is 0 Å². The van der Waals surface area contributed by atoms with E-state index >= 15 is 0 Å². The monoisotopic (exact) mass is 419 g/mol. The minimum atomic E-state index is -0.512. The SMILES string of the molecule is CCOC(=O)c1c(C)[nH]c(C(=O)COC(=O)[C@@H](c2ccc(Cl)cc2)C(C)C)c1C. The number of aromatic nitrogens is 1. The number of hydrogen-bond acceptors (Lipinski definition) is 5. The molecule has 0 amide bonds. The molecule has 0 saturated carbocycles. The number of ether oxygens (including phenoxy) is 2. The lowest BCUT2D eigenvalue weighted by molar-refractivity contribution is -0.145. The van der Waals surface area contributed by atoms with Gasteiger partial charge < -0.3 is 14.5 Å². The highest BCUT2D eigenvalue weighted by atomic mass is 35.5. The van der Waals surface area contributed by atoms with Gasteiger partial charge in [-0.05, 0) is 49.9 Å². The first kappa shape index (κ1) is 22.7. The molecule has 0 radical (unpaired) electrons. The van der Waals surface area contributed by atoms with Crippen LogP contribution in [-0.2, 0) is 14.3 Å². The third kappa shape index (κ3) is 5.26. The zero-order valence-electron chi connectivity index (χ0n) is 17.3. The van der Waals surface area contributed by atoms with Crippen LogP contribution in [0.25, 0.3) is 0 Å². The molecule has 1 aromatic heterocycles. The van der Waals surface area contributed by atoms with Crippen LogP contribution in [0.1, 0.15) is 64.4 Å². The number of carbonyl (C=O) groups is 3. The summed E-state index contributed by atoms with van der Waals surface area (Å²) in [7, 11) is 0. The number of Topliss-reactive ketones (excluding diaryl/α,β-unsaturated/α-hetero) is 1. The Morgan fingerprint density at radius 2 is 1.69 bits per heavy atom. The van der Waals surface area contributed by atoms with E-state index in [1.165, 1.54) is 0 Å². The minimum absolute atomic E-state index is 0.0244. The largest absolute Gasteiger partial charge is 0.462 e. The quantitative estimate of drug-likeness (QED) is 0.498. The second kappa shape index (κ2) is 9.74. The fourth-order valence-corrected chi connectivity index (χ4v) is 3.43. The van der Waals surface area contributed by atoms with Crippen molar-refractivity contribution in [1.82, 2.24) is 4.98 Å². The molecule has 0 aliphatic carbocycles. The van der Waals surface area contributed by atoms with E-state index in [4.69, 9.17) is 21.1 Å². The van der Waals surface area contributed by atoms with Crippen molar-refractivity contribution in [3.8, 4) is 0 Å². The molecule has 2 aromatic rings. The summed E-state index contributed by atoms with van der Waals surface area (Å²) in [4.78, 5) is 40.3. The number of rotatable bonds is 8. The van der Waals surface area contributed by atoms with Crippen molar-refractivity contribution in [2.45, 2.75) is 40.5 Å². The molecule has 0 bridgehead atoms. The molecule has 1 aromatic carbocycles. The number of nitrogens with one attached hydrogen (secondary N) is 1. The standard InChI is InChI=1S/C22H26ClNO5/c1-6-28-22(27)19-13(4)20(24-14(19)5)17(25)11-29-21(26)18(12(2)3)15-7-9-16(23)10-8-15/h7-10,12,18,24H,6,11H2,1-5H3/t18-/m1/s1. The summed E-state index contributed by atoms with van der Waals surface area (Å²) >= 11 is 5.92. The first-order chi connectivity index (χ1) is 13.7. The van der Waals surface area contributed by atoms with Crippen LogP contribution in [0.3, 0.4) is 0 Å². The Morgan fingerprint density at radius 1 is 1.07 bits per heavy atom. The van der Waals surface area contributed by atoms with Crippen LogP contribution >= 0.6 is 11.6 Å². The van der Waals surface area contributed by atoms with Gasteiger partial charge in [0.25, 0.3) is 0 Å². The van der Waals surface area contributed by atoms with E-state index in [0.717, 1.165) is 5.56 Å². The van der Waals surface area contributed by atoms with Gasteiger partial charge in [0.1, 0.15) is 0 Å². The highest BCUT2D eigenvalue weighted by Gasteiger charge is 2.28. The van der Waals surface area contributed by atoms with Crippen molar-refractivity contribution in [2.75, 3.05) is 13.2 Å². The minimum Gasteiger partial charge on any atom is -0.462 e. The Balaban J connectivity index is 2.13. The lowest BCUT2D eigenvalue weighted by atomic mass is 9.88. The summed E-state index contributed by atoms with van der Waals surface area (Å²) in [5, 5.41) is 0.579. The highest BCUT2D eigenvalue weighted by Crippen LogP contribution is 2.27. The first-order valence-corrected chi connectivity index (χ1v) is 9.86. The van der Waals surface area contributed by atoms with Crippen LogP contribution in [0, 0.1) is 19.8 Å². The zero-order valence-corrected chi connectivity index (χ0v) is 18.1. The number of benzene rings is 1. The van der Waals surface area contributed by atoms with E-state index in [-0.39, 0.29) is 18.2 Å². The van der Waals surface area contributed by atoms with Gasteiger partial charge in [-0.2, -0.15) is 0 Å². The Kier molecular flexibility index (Phi) is 7.62. The molecule has 0 aliphatic rings. The number of hydrogen-bond donors (Lipinski definition) is 1. The molecular weight excluding hydrogens is 394 g/mol. The van der Waals surface area contributed by atoms with Gasteiger partial charge in [0.05, 0.1) is 23.8 Å². The van der Waals surface area contributed by atoms with Crippen molar-refractivity contribution < 1.29 is 23.9 Å². The fraction of sp³-hybridized carbons (Fsp3) is 0.409. The average Bonchev–Trinajstić information content (AvgIpc) is 2.96. The Morgan fingerprint density at radius 3 is 2.24 bits per heavy atom. The number of H-pyrrole nitrogens is 1. The van der Waals surface area contributed by atoms with Gasteiger partial charge in [-0.3, -0.25) is 9.59 Å². The third-order valence-corrected chi connectivity index (χ3v) is 4.94. The van der Waals surface area contributed by atoms with E-state index in [1.807, 2.05) is 13.8 Å². The number of halogens is 1. The maximum atomic E-state index is 12.7. The molecule has 1 N–H and O–H groups in total. The molecule has 0 unspecified atom stereocenters. The number of esters is 2. The molecule has 7 heteroatoms. The van der Waals surface area contributed by atoms with Gasteiger partial charge in [0, 0.05) is 10.7 Å². The molecule has 156 valence electrons. The molecule has 0 saturated heterocycles. The molecule has 0 fully saturated rings. The molecule has 0 aliphatic heterocycles. The molecule has 6 nitrogen and oxygen atoms in total. The van der Waals surface area contributed by atoms with E-state index in [0.29, 0.717) is 21.8 Å². The summed E-state index contributed by atoms with van der Waals surface area (Å²) in [5.74, 6) is -1.92. The average molecular weight is 420 g/mol. The van der Waals surface area contributed by atoms with Crippen molar-refractivity contribution in [2.24, 2.45) is 5.92 Å². The molecule has 1 heterocycles. The maximum Gasteiger partial charge on any atom is 0.340 e. The Hall–Kier alpha value is -2.60. The number of carbonyl (C=O) groups excluding carboxylic acids is 3. The Bertz CT molecular complexity index is 899. The molecule has 1 atom stereocenters. The Labute approximate surface area is 175 Å². The zero-order chi connectivity index (χ0) is 21.7. The van der Waals surface area contributed by atoms with Crippen LogP contribution in [-0.4, -0.2) is 35.9 Å². The van der Waals surface area contributed by atoms with Crippen LogP contribution in [0.15, 0.2) is 24.3 Å². The van der Waals surface area contributed by atoms with Gasteiger partial charge in [-0.1, -0.05) is 37.6 Å². The van der Waals surface area contributed by atoms with Crippen LogP contribution in [0.4, 0.5) is 0 Å². The fourth-order valence-electron chi connectivity index (χ4n) is 3.30. The summed E-state index contributed by atoms with van der Waals surface area (Å²) < 4.78 is 10.4. The summed E-state index contributed by atoms with van der Waals surface area (Å²) in [6.45, 7) is 8.71. The number of aromatic amines is 1. The van der Waals surface area contributed by atoms with Crippen molar-refractivity contribution in [3.05, 3.63) is 57.4 Å². The number of aryl methyl sites for hydroxylation is 1. The van der Waals surface area contributed by atoms with Gasteiger partial charge >= 0.3 is 11.9 Å². The molecular formula is C22H26ClNO5. The lowest BCUT2D eigenvalue weighted by Crippen LogP contribution is -2.24. The van der Waals surface area contributed by atoms with E-state index in [9.17, 15) is 14.4 Å². The van der Waals surface area contributed by atoms with E-state index in [2.05, 4.69) is 4.98 Å². The molecule has 0 spiro atoms. The van der Waals surface area contributed by atoms with Crippen LogP contribution in [0.5, 0.6) is 0 Å². The van der Waals surface area contributed by atoms with Crippen molar-refractivity contribution in [1.29, 1.82) is 0 Å². The lowest BCUT2D eigenvalue weighted by Gasteiger charge is -2.19. The second-order valence-corrected chi connectivity index (χ2v) is 7.59. The smallest absolute Gasteiger partial charge is 0.340 e. The van der Waals surface area contributed by atoms with Crippen molar-refractivity contribution >= 4 is 29.3 Å².